The third-order valence-corrected chi connectivity index (χ3v) is 6.04. The van der Waals surface area contributed by atoms with E-state index < -0.39 is 0 Å². The van der Waals surface area contributed by atoms with Gasteiger partial charge in [0.15, 0.2) is 0 Å². The molecule has 0 spiro atoms. The maximum atomic E-state index is 5.28. The number of nitrogens with one attached hydrogen (secondary N) is 2. The lowest BCUT2D eigenvalue weighted by Crippen LogP contribution is -2.40. The van der Waals surface area contributed by atoms with Crippen LogP contribution in [-0.2, 0) is 13.0 Å². The van der Waals surface area contributed by atoms with Crippen molar-refractivity contribution < 1.29 is 4.74 Å². The van der Waals surface area contributed by atoms with E-state index in [4.69, 9.17) is 4.74 Å². The quantitative estimate of drug-likeness (QED) is 0.290. The van der Waals surface area contributed by atoms with E-state index in [2.05, 4.69) is 102 Å². The molecule has 0 aliphatic rings. The van der Waals surface area contributed by atoms with Crippen molar-refractivity contribution >= 4 is 23.2 Å². The summed E-state index contributed by atoms with van der Waals surface area (Å²) in [4.78, 5) is 0. The van der Waals surface area contributed by atoms with Crippen LogP contribution in [0.25, 0.3) is 10.8 Å². The normalized spacial score (nSPS) is 12.7. The van der Waals surface area contributed by atoms with Crippen molar-refractivity contribution in [3.05, 3.63) is 114 Å². The molecule has 4 rings (SSSR count). The highest BCUT2D eigenvalue weighted by Crippen LogP contribution is 2.24. The third-order valence-electron chi connectivity index (χ3n) is 6.04. The SMILES string of the molecule is COc1ccc(CNC(CNC(C)c2cccc3ccccc23)Cc2ccccc2)cc1.Cl. The molecule has 0 heterocycles. The van der Waals surface area contributed by atoms with Crippen LogP contribution in [0.5, 0.6) is 5.75 Å². The maximum Gasteiger partial charge on any atom is 0.118 e. The number of fused-ring (bicyclic) bond motifs is 1. The topological polar surface area (TPSA) is 33.3 Å². The zero-order valence-electron chi connectivity index (χ0n) is 19.3. The van der Waals surface area contributed by atoms with Crippen molar-refractivity contribution in [3.63, 3.8) is 0 Å². The smallest absolute Gasteiger partial charge is 0.118 e. The number of hydrogen-bond donors (Lipinski definition) is 2. The molecule has 0 amide bonds. The molecule has 0 radical (unpaired) electrons. The number of halogens is 1. The zero-order chi connectivity index (χ0) is 22.2. The van der Waals surface area contributed by atoms with Gasteiger partial charge in [-0.3, -0.25) is 0 Å². The molecule has 2 atom stereocenters. The summed E-state index contributed by atoms with van der Waals surface area (Å²) >= 11 is 0. The van der Waals surface area contributed by atoms with Gasteiger partial charge in [-0.1, -0.05) is 84.9 Å². The highest BCUT2D eigenvalue weighted by Gasteiger charge is 2.14. The van der Waals surface area contributed by atoms with Crippen LogP contribution in [0.2, 0.25) is 0 Å². The van der Waals surface area contributed by atoms with Crippen LogP contribution in [-0.4, -0.2) is 19.7 Å². The van der Waals surface area contributed by atoms with E-state index in [1.165, 1.54) is 27.5 Å². The van der Waals surface area contributed by atoms with E-state index in [0.717, 1.165) is 25.3 Å². The Hall–Kier alpha value is -2.85. The van der Waals surface area contributed by atoms with E-state index in [9.17, 15) is 0 Å². The maximum absolute atomic E-state index is 5.28. The largest absolute Gasteiger partial charge is 0.497 e. The number of rotatable bonds is 10. The zero-order valence-corrected chi connectivity index (χ0v) is 20.1. The minimum absolute atomic E-state index is 0. The van der Waals surface area contributed by atoms with Crippen molar-refractivity contribution in [1.29, 1.82) is 0 Å². The summed E-state index contributed by atoms with van der Waals surface area (Å²) in [6.45, 7) is 3.96. The molecule has 3 nitrogen and oxygen atoms in total. The highest BCUT2D eigenvalue weighted by atomic mass is 35.5. The molecule has 2 unspecified atom stereocenters. The molecule has 0 aromatic heterocycles. The number of methoxy groups -OCH3 is 1. The van der Waals surface area contributed by atoms with Crippen LogP contribution in [0.3, 0.4) is 0 Å². The summed E-state index contributed by atoms with van der Waals surface area (Å²) in [5.74, 6) is 0.889. The minimum atomic E-state index is 0. The fraction of sp³-hybridized carbons (Fsp3) is 0.241. The van der Waals surface area contributed by atoms with Crippen molar-refractivity contribution in [2.75, 3.05) is 13.7 Å². The Morgan fingerprint density at radius 2 is 1.42 bits per heavy atom. The van der Waals surface area contributed by atoms with E-state index in [0.29, 0.717) is 6.04 Å². The molecule has 33 heavy (non-hydrogen) atoms. The van der Waals surface area contributed by atoms with Crippen LogP contribution in [0.15, 0.2) is 97.1 Å². The van der Waals surface area contributed by atoms with Crippen molar-refractivity contribution in [1.82, 2.24) is 10.6 Å². The van der Waals surface area contributed by atoms with Gasteiger partial charge < -0.3 is 15.4 Å². The molecule has 4 aromatic rings. The van der Waals surface area contributed by atoms with Gasteiger partial charge in [0.1, 0.15) is 5.75 Å². The van der Waals surface area contributed by atoms with Gasteiger partial charge in [-0.2, -0.15) is 0 Å². The van der Waals surface area contributed by atoms with Gasteiger partial charge in [-0.15, -0.1) is 12.4 Å². The molecule has 172 valence electrons. The molecule has 0 aliphatic heterocycles. The molecule has 2 N–H and O–H groups in total. The molecule has 0 aliphatic carbocycles. The monoisotopic (exact) mass is 460 g/mol. The van der Waals surface area contributed by atoms with Gasteiger partial charge in [-0.05, 0) is 52.9 Å². The summed E-state index contributed by atoms with van der Waals surface area (Å²) in [5, 5.41) is 10.2. The second-order valence-electron chi connectivity index (χ2n) is 8.31. The molecule has 0 saturated heterocycles. The Labute approximate surface area is 203 Å². The first-order valence-corrected chi connectivity index (χ1v) is 11.3. The predicted octanol–water partition coefficient (Wildman–Crippen LogP) is 6.32. The van der Waals surface area contributed by atoms with Crippen LogP contribution in [0.1, 0.15) is 29.7 Å². The molecule has 0 bridgehead atoms. The van der Waals surface area contributed by atoms with Gasteiger partial charge in [-0.25, -0.2) is 0 Å². The predicted molar refractivity (Wildman–Crippen MR) is 141 cm³/mol. The van der Waals surface area contributed by atoms with Crippen LogP contribution in [0.4, 0.5) is 0 Å². The summed E-state index contributed by atoms with van der Waals surface area (Å²) in [7, 11) is 1.70. The average molecular weight is 461 g/mol. The fourth-order valence-electron chi connectivity index (χ4n) is 4.18. The Balaban J connectivity index is 0.00000306. The Morgan fingerprint density at radius 3 is 2.18 bits per heavy atom. The Bertz CT molecular complexity index is 1110. The standard InChI is InChI=1S/C29H32N2O.ClH/c1-22(28-14-8-12-25-11-6-7-13-29(25)28)30-21-26(19-23-9-4-3-5-10-23)31-20-24-15-17-27(32-2)18-16-24;/h3-18,22,26,30-31H,19-21H2,1-2H3;1H. The third kappa shape index (κ3) is 6.82. The Morgan fingerprint density at radius 1 is 0.727 bits per heavy atom. The lowest BCUT2D eigenvalue weighted by Gasteiger charge is -2.23. The van der Waals surface area contributed by atoms with Gasteiger partial charge >= 0.3 is 0 Å². The fourth-order valence-corrected chi connectivity index (χ4v) is 4.18. The number of ether oxygens (including phenoxy) is 1. The summed E-state index contributed by atoms with van der Waals surface area (Å²) in [6, 6.07) is 34.8. The van der Waals surface area contributed by atoms with E-state index in [1.807, 2.05) is 12.1 Å². The van der Waals surface area contributed by atoms with E-state index >= 15 is 0 Å². The van der Waals surface area contributed by atoms with Gasteiger partial charge in [0.05, 0.1) is 7.11 Å². The van der Waals surface area contributed by atoms with Crippen molar-refractivity contribution in [2.45, 2.75) is 32.0 Å². The van der Waals surface area contributed by atoms with Gasteiger partial charge in [0.2, 0.25) is 0 Å². The van der Waals surface area contributed by atoms with Gasteiger partial charge in [0.25, 0.3) is 0 Å². The van der Waals surface area contributed by atoms with E-state index in [-0.39, 0.29) is 18.4 Å². The summed E-state index contributed by atoms with van der Waals surface area (Å²) < 4.78 is 5.28. The van der Waals surface area contributed by atoms with Crippen LogP contribution < -0.4 is 15.4 Å². The number of benzene rings is 4. The molecular formula is C29H33ClN2O. The van der Waals surface area contributed by atoms with E-state index in [1.54, 1.807) is 7.11 Å². The number of hydrogen-bond acceptors (Lipinski definition) is 3. The minimum Gasteiger partial charge on any atom is -0.497 e. The van der Waals surface area contributed by atoms with Crippen LogP contribution >= 0.6 is 12.4 Å². The van der Waals surface area contributed by atoms with Crippen LogP contribution in [0, 0.1) is 0 Å². The molecule has 0 fully saturated rings. The van der Waals surface area contributed by atoms with Crippen molar-refractivity contribution in [2.24, 2.45) is 0 Å². The lowest BCUT2D eigenvalue weighted by molar-refractivity contribution is 0.414. The second-order valence-corrected chi connectivity index (χ2v) is 8.31. The summed E-state index contributed by atoms with van der Waals surface area (Å²) in [5.41, 5.74) is 3.95. The van der Waals surface area contributed by atoms with Gasteiger partial charge in [0, 0.05) is 25.2 Å². The molecular weight excluding hydrogens is 428 g/mol. The molecule has 4 heteroatoms. The lowest BCUT2D eigenvalue weighted by atomic mass is 9.99. The highest BCUT2D eigenvalue weighted by molar-refractivity contribution is 5.86. The molecule has 4 aromatic carbocycles. The molecule has 0 saturated carbocycles. The summed E-state index contributed by atoms with van der Waals surface area (Å²) in [6.07, 6.45) is 0.978. The first-order chi connectivity index (χ1) is 15.7. The second kappa shape index (κ2) is 12.4. The average Bonchev–Trinajstić information content (AvgIpc) is 2.86. The van der Waals surface area contributed by atoms with Crippen molar-refractivity contribution in [3.8, 4) is 5.75 Å². The first kappa shape index (κ1) is 24.8. The Kier molecular flexibility index (Phi) is 9.32. The first-order valence-electron chi connectivity index (χ1n) is 11.3.